The second kappa shape index (κ2) is 13.0. The van der Waals surface area contributed by atoms with Crippen LogP contribution in [0.25, 0.3) is 11.5 Å². The second-order valence-corrected chi connectivity index (χ2v) is 9.14. The van der Waals surface area contributed by atoms with Crippen LogP contribution in [-0.2, 0) is 17.6 Å². The normalized spacial score (nSPS) is 13.6. The molecule has 0 radical (unpaired) electrons. The first-order chi connectivity index (χ1) is 17.6. The number of rotatable bonds is 13. The van der Waals surface area contributed by atoms with Crippen LogP contribution in [0.5, 0.6) is 11.6 Å². The molecular weight excluding hydrogens is 460 g/mol. The molecular formula is C27H34N4O5. The molecule has 1 aliphatic carbocycles. The molecule has 192 valence electrons. The van der Waals surface area contributed by atoms with Gasteiger partial charge in [-0.3, -0.25) is 4.79 Å². The quantitative estimate of drug-likeness (QED) is 0.346. The number of aliphatic hydroxyl groups excluding tert-OH is 1. The fourth-order valence-electron chi connectivity index (χ4n) is 4.33. The van der Waals surface area contributed by atoms with E-state index < -0.39 is 6.61 Å². The Kier molecular flexibility index (Phi) is 9.27. The van der Waals surface area contributed by atoms with Gasteiger partial charge < -0.3 is 24.4 Å². The van der Waals surface area contributed by atoms with Crippen molar-refractivity contribution in [2.75, 3.05) is 26.4 Å². The first kappa shape index (κ1) is 25.6. The number of aromatic nitrogens is 3. The Morgan fingerprint density at radius 3 is 2.86 bits per heavy atom. The van der Waals surface area contributed by atoms with Gasteiger partial charge in [0.2, 0.25) is 11.8 Å². The van der Waals surface area contributed by atoms with Crippen LogP contribution >= 0.6 is 0 Å². The molecule has 0 aliphatic heterocycles. The molecule has 2 aromatic heterocycles. The number of ether oxygens (including phenoxy) is 2. The average molecular weight is 495 g/mol. The van der Waals surface area contributed by atoms with Crippen molar-refractivity contribution < 1.29 is 23.9 Å². The molecule has 4 rings (SSSR count). The van der Waals surface area contributed by atoms with Crippen molar-refractivity contribution in [2.45, 2.75) is 51.9 Å². The largest absolute Gasteiger partial charge is 0.493 e. The lowest BCUT2D eigenvalue weighted by Gasteiger charge is -2.11. The zero-order chi connectivity index (χ0) is 25.2. The van der Waals surface area contributed by atoms with Gasteiger partial charge in [0, 0.05) is 19.2 Å². The number of nitrogens with one attached hydrogen (secondary N) is 1. The third-order valence-electron chi connectivity index (χ3n) is 6.32. The summed E-state index contributed by atoms with van der Waals surface area (Å²) in [5.74, 6) is 2.64. The molecule has 2 N–H and O–H groups in total. The smallest absolute Gasteiger partial charge is 0.263 e. The number of carbonyl (C=O) groups excluding carboxylic acids is 1. The van der Waals surface area contributed by atoms with Gasteiger partial charge in [0.05, 0.1) is 13.2 Å². The van der Waals surface area contributed by atoms with Gasteiger partial charge in [-0.2, -0.15) is 4.98 Å². The highest BCUT2D eigenvalue weighted by atomic mass is 16.5. The highest BCUT2D eigenvalue weighted by Crippen LogP contribution is 2.30. The van der Waals surface area contributed by atoms with E-state index in [0.29, 0.717) is 56.1 Å². The molecule has 1 aliphatic rings. The number of aliphatic hydroxyl groups is 1. The third kappa shape index (κ3) is 7.27. The summed E-state index contributed by atoms with van der Waals surface area (Å²) in [6.45, 7) is 3.14. The van der Waals surface area contributed by atoms with E-state index in [1.807, 2.05) is 31.2 Å². The van der Waals surface area contributed by atoms with Crippen molar-refractivity contribution in [3.8, 4) is 23.1 Å². The van der Waals surface area contributed by atoms with Crippen LogP contribution in [-0.4, -0.2) is 52.5 Å². The van der Waals surface area contributed by atoms with Crippen LogP contribution in [0.1, 0.15) is 49.1 Å². The first-order valence-corrected chi connectivity index (χ1v) is 12.6. The Morgan fingerprint density at radius 2 is 2.06 bits per heavy atom. The molecule has 3 aromatic rings. The van der Waals surface area contributed by atoms with Crippen LogP contribution in [0.4, 0.5) is 0 Å². The lowest BCUT2D eigenvalue weighted by atomic mass is 10.1. The molecule has 0 bridgehead atoms. The minimum atomic E-state index is -0.494. The zero-order valence-corrected chi connectivity index (χ0v) is 20.7. The summed E-state index contributed by atoms with van der Waals surface area (Å²) in [6, 6.07) is 9.84. The maximum absolute atomic E-state index is 11.0. The molecule has 0 saturated heterocycles. The molecule has 9 heteroatoms. The molecule has 1 saturated carbocycles. The predicted octanol–water partition coefficient (Wildman–Crippen LogP) is 3.67. The Balaban J connectivity index is 1.27. The summed E-state index contributed by atoms with van der Waals surface area (Å²) in [5, 5.41) is 15.5. The van der Waals surface area contributed by atoms with Crippen LogP contribution in [0.3, 0.4) is 0 Å². The van der Waals surface area contributed by atoms with Gasteiger partial charge in [-0.05, 0) is 67.9 Å². The molecule has 1 fully saturated rings. The lowest BCUT2D eigenvalue weighted by molar-refractivity contribution is -0.123. The van der Waals surface area contributed by atoms with E-state index in [9.17, 15) is 4.79 Å². The monoisotopic (exact) mass is 494 g/mol. The number of pyridine rings is 1. The van der Waals surface area contributed by atoms with Crippen molar-refractivity contribution in [2.24, 2.45) is 5.92 Å². The van der Waals surface area contributed by atoms with Crippen LogP contribution < -0.4 is 14.8 Å². The maximum Gasteiger partial charge on any atom is 0.263 e. The first-order valence-electron chi connectivity index (χ1n) is 12.6. The van der Waals surface area contributed by atoms with E-state index >= 15 is 0 Å². The van der Waals surface area contributed by atoms with Gasteiger partial charge in [-0.25, -0.2) is 4.98 Å². The fourth-order valence-corrected chi connectivity index (χ4v) is 4.33. The van der Waals surface area contributed by atoms with E-state index in [1.54, 1.807) is 6.20 Å². The van der Waals surface area contributed by atoms with Crippen LogP contribution in [0, 0.1) is 12.8 Å². The van der Waals surface area contributed by atoms with Gasteiger partial charge in [0.15, 0.2) is 5.82 Å². The van der Waals surface area contributed by atoms with Crippen molar-refractivity contribution in [3.63, 3.8) is 0 Å². The Labute approximate surface area is 211 Å². The highest BCUT2D eigenvalue weighted by Gasteiger charge is 2.19. The van der Waals surface area contributed by atoms with E-state index in [1.165, 1.54) is 25.7 Å². The minimum Gasteiger partial charge on any atom is -0.493 e. The average Bonchev–Trinajstić information content (AvgIpc) is 3.59. The zero-order valence-electron chi connectivity index (χ0n) is 20.7. The van der Waals surface area contributed by atoms with Gasteiger partial charge in [-0.15, -0.1) is 0 Å². The van der Waals surface area contributed by atoms with E-state index in [2.05, 4.69) is 26.5 Å². The number of amides is 1. The number of hydrogen-bond donors (Lipinski definition) is 2. The minimum absolute atomic E-state index is 0.377. The fraction of sp³-hybridized carbons (Fsp3) is 0.481. The Bertz CT molecular complexity index is 1130. The summed E-state index contributed by atoms with van der Waals surface area (Å²) in [5.41, 5.74) is 2.92. The lowest BCUT2D eigenvalue weighted by Crippen LogP contribution is -2.28. The van der Waals surface area contributed by atoms with E-state index in [4.69, 9.17) is 19.1 Å². The number of nitrogens with zero attached hydrogens (tertiary/aromatic N) is 3. The number of hydrogen-bond acceptors (Lipinski definition) is 8. The highest BCUT2D eigenvalue weighted by molar-refractivity contribution is 5.76. The van der Waals surface area contributed by atoms with E-state index in [0.717, 1.165) is 28.9 Å². The summed E-state index contributed by atoms with van der Waals surface area (Å²) < 4.78 is 17.4. The summed E-state index contributed by atoms with van der Waals surface area (Å²) >= 11 is 0. The SMILES string of the molecule is Cc1cc(CCc2noc(-c3cccnc3OCC3CCCC3)n2)ccc1OCCCNC(=O)CO. The summed E-state index contributed by atoms with van der Waals surface area (Å²) in [4.78, 5) is 20.0. The predicted molar refractivity (Wildman–Crippen MR) is 134 cm³/mol. The van der Waals surface area contributed by atoms with Gasteiger partial charge in [0.1, 0.15) is 17.9 Å². The second-order valence-electron chi connectivity index (χ2n) is 9.14. The molecule has 9 nitrogen and oxygen atoms in total. The van der Waals surface area contributed by atoms with E-state index in [-0.39, 0.29) is 5.91 Å². The maximum atomic E-state index is 11.0. The van der Waals surface area contributed by atoms with Gasteiger partial charge in [-0.1, -0.05) is 30.1 Å². The number of aryl methyl sites for hydroxylation is 3. The van der Waals surface area contributed by atoms with Crippen molar-refractivity contribution in [1.82, 2.24) is 20.4 Å². The van der Waals surface area contributed by atoms with Crippen molar-refractivity contribution in [1.29, 1.82) is 0 Å². The molecule has 1 amide bonds. The van der Waals surface area contributed by atoms with Crippen LogP contribution in [0.2, 0.25) is 0 Å². The molecule has 0 unspecified atom stereocenters. The molecule has 2 heterocycles. The standard InChI is InChI=1S/C27H34N4O5/c1-19-16-20(9-11-23(19)34-15-5-14-28-25(33)17-32)10-12-24-30-27(36-31-24)22-8-4-13-29-26(22)35-18-21-6-2-3-7-21/h4,8-9,11,13,16,21,32H,2-3,5-7,10,12,14-15,17-18H2,1H3,(H,28,33). The molecule has 1 aromatic carbocycles. The molecule has 36 heavy (non-hydrogen) atoms. The van der Waals surface area contributed by atoms with Crippen molar-refractivity contribution in [3.05, 3.63) is 53.5 Å². The number of carbonyl (C=O) groups is 1. The van der Waals surface area contributed by atoms with Gasteiger partial charge >= 0.3 is 0 Å². The number of benzene rings is 1. The van der Waals surface area contributed by atoms with Gasteiger partial charge in [0.25, 0.3) is 5.89 Å². The topological polar surface area (TPSA) is 120 Å². The Morgan fingerprint density at radius 1 is 1.19 bits per heavy atom. The third-order valence-corrected chi connectivity index (χ3v) is 6.32. The van der Waals surface area contributed by atoms with Crippen molar-refractivity contribution >= 4 is 5.91 Å². The summed E-state index contributed by atoms with van der Waals surface area (Å²) in [6.07, 6.45) is 8.77. The summed E-state index contributed by atoms with van der Waals surface area (Å²) in [7, 11) is 0. The Hall–Kier alpha value is -3.46. The molecule has 0 atom stereocenters. The molecule has 0 spiro atoms. The van der Waals surface area contributed by atoms with Crippen LogP contribution in [0.15, 0.2) is 41.1 Å².